The van der Waals surface area contributed by atoms with Crippen molar-refractivity contribution in [2.24, 2.45) is 0 Å². The van der Waals surface area contributed by atoms with Crippen LogP contribution in [-0.4, -0.2) is 72.9 Å². The van der Waals surface area contributed by atoms with Crippen molar-refractivity contribution >= 4 is 27.4 Å². The summed E-state index contributed by atoms with van der Waals surface area (Å²) in [6.45, 7) is 3.63. The van der Waals surface area contributed by atoms with Crippen LogP contribution in [0.4, 0.5) is 11.5 Å². The number of aromatic nitrogens is 1. The van der Waals surface area contributed by atoms with E-state index in [9.17, 15) is 13.2 Å². The number of anilines is 2. The lowest BCUT2D eigenvalue weighted by molar-refractivity contribution is 0.0937. The van der Waals surface area contributed by atoms with E-state index < -0.39 is 10.0 Å². The summed E-state index contributed by atoms with van der Waals surface area (Å²) in [4.78, 5) is 19.3. The maximum Gasteiger partial charge on any atom is 0.262 e. The Morgan fingerprint density at radius 2 is 2.00 bits per heavy atom. The Kier molecular flexibility index (Phi) is 7.66. The zero-order valence-corrected chi connectivity index (χ0v) is 18.4. The standard InChI is InChI=1S/C20H27N5O5S/c1-29-11-8-22-20(26)18-12-15(14-23-19(18)25-9-6-21-7-10-25)24-31(27,28)17-5-3-4-16(13-17)30-2/h3-5,12-14,21,24H,6-11H2,1-2H3,(H,22,26). The van der Waals surface area contributed by atoms with Crippen molar-refractivity contribution in [3.05, 3.63) is 42.1 Å². The first kappa shape index (κ1) is 22.8. The summed E-state index contributed by atoms with van der Waals surface area (Å²) in [6, 6.07) is 7.64. The van der Waals surface area contributed by atoms with E-state index in [2.05, 4.69) is 20.3 Å². The Bertz CT molecular complexity index is 1010. The van der Waals surface area contributed by atoms with Crippen molar-refractivity contribution in [3.63, 3.8) is 0 Å². The average Bonchev–Trinajstić information content (AvgIpc) is 2.79. The average molecular weight is 450 g/mol. The molecular weight excluding hydrogens is 422 g/mol. The van der Waals surface area contributed by atoms with Gasteiger partial charge in [-0.1, -0.05) is 6.07 Å². The summed E-state index contributed by atoms with van der Waals surface area (Å²) in [7, 11) is -0.878. The van der Waals surface area contributed by atoms with Gasteiger partial charge in [0.15, 0.2) is 0 Å². The summed E-state index contributed by atoms with van der Waals surface area (Å²) >= 11 is 0. The number of ether oxygens (including phenoxy) is 2. The number of pyridine rings is 1. The topological polar surface area (TPSA) is 122 Å². The van der Waals surface area contributed by atoms with E-state index in [1.807, 2.05) is 4.90 Å². The molecule has 0 aliphatic carbocycles. The van der Waals surface area contributed by atoms with Gasteiger partial charge in [0.1, 0.15) is 11.6 Å². The van der Waals surface area contributed by atoms with Gasteiger partial charge in [-0.15, -0.1) is 0 Å². The van der Waals surface area contributed by atoms with Crippen molar-refractivity contribution in [1.29, 1.82) is 0 Å². The van der Waals surface area contributed by atoms with Gasteiger partial charge < -0.3 is 25.0 Å². The van der Waals surface area contributed by atoms with Gasteiger partial charge in [0.2, 0.25) is 0 Å². The second kappa shape index (κ2) is 10.4. The van der Waals surface area contributed by atoms with E-state index in [4.69, 9.17) is 9.47 Å². The highest BCUT2D eigenvalue weighted by Crippen LogP contribution is 2.25. The minimum absolute atomic E-state index is 0.0455. The van der Waals surface area contributed by atoms with Crippen LogP contribution >= 0.6 is 0 Å². The molecular formula is C20H27N5O5S. The lowest BCUT2D eigenvalue weighted by atomic mass is 10.2. The Balaban J connectivity index is 1.89. The lowest BCUT2D eigenvalue weighted by Crippen LogP contribution is -2.44. The molecule has 0 radical (unpaired) electrons. The van der Waals surface area contributed by atoms with Crippen LogP contribution in [0.25, 0.3) is 0 Å². The van der Waals surface area contributed by atoms with Crippen molar-refractivity contribution in [2.75, 3.05) is 63.2 Å². The molecule has 3 N–H and O–H groups in total. The quantitative estimate of drug-likeness (QED) is 0.478. The zero-order valence-electron chi connectivity index (χ0n) is 17.6. The molecule has 0 spiro atoms. The fourth-order valence-electron chi connectivity index (χ4n) is 3.15. The van der Waals surface area contributed by atoms with E-state index in [0.717, 1.165) is 13.1 Å². The molecule has 2 heterocycles. The van der Waals surface area contributed by atoms with Gasteiger partial charge in [-0.05, 0) is 18.2 Å². The van der Waals surface area contributed by atoms with E-state index >= 15 is 0 Å². The summed E-state index contributed by atoms with van der Waals surface area (Å²) in [5.41, 5.74) is 0.488. The number of rotatable bonds is 9. The third kappa shape index (κ3) is 5.84. The van der Waals surface area contributed by atoms with Crippen LogP contribution in [0.5, 0.6) is 5.75 Å². The van der Waals surface area contributed by atoms with Gasteiger partial charge in [0, 0.05) is 45.9 Å². The number of sulfonamides is 1. The minimum Gasteiger partial charge on any atom is -0.497 e. The van der Waals surface area contributed by atoms with Crippen LogP contribution in [0.1, 0.15) is 10.4 Å². The number of nitrogens with zero attached hydrogens (tertiary/aromatic N) is 2. The number of hydrogen-bond acceptors (Lipinski definition) is 8. The third-order valence-electron chi connectivity index (χ3n) is 4.72. The summed E-state index contributed by atoms with van der Waals surface area (Å²) in [5.74, 6) is 0.592. The number of carbonyl (C=O) groups excluding carboxylic acids is 1. The van der Waals surface area contributed by atoms with Crippen LogP contribution in [0.2, 0.25) is 0 Å². The summed E-state index contributed by atoms with van der Waals surface area (Å²) in [6.07, 6.45) is 1.42. The normalized spacial score (nSPS) is 14.2. The van der Waals surface area contributed by atoms with Gasteiger partial charge in [-0.3, -0.25) is 9.52 Å². The Hall–Kier alpha value is -2.89. The summed E-state index contributed by atoms with van der Waals surface area (Å²) < 4.78 is 38.2. The number of hydrogen-bond donors (Lipinski definition) is 3. The lowest BCUT2D eigenvalue weighted by Gasteiger charge is -2.30. The van der Waals surface area contributed by atoms with Crippen LogP contribution in [-0.2, 0) is 14.8 Å². The highest BCUT2D eigenvalue weighted by atomic mass is 32.2. The van der Waals surface area contributed by atoms with E-state index in [1.54, 1.807) is 19.2 Å². The van der Waals surface area contributed by atoms with Gasteiger partial charge in [0.25, 0.3) is 15.9 Å². The maximum atomic E-state index is 12.8. The monoisotopic (exact) mass is 449 g/mol. The van der Waals surface area contributed by atoms with Crippen LogP contribution in [0, 0.1) is 0 Å². The molecule has 1 aromatic heterocycles. The Morgan fingerprint density at radius 3 is 2.71 bits per heavy atom. The van der Waals surface area contributed by atoms with Crippen LogP contribution in [0.15, 0.2) is 41.4 Å². The first-order chi connectivity index (χ1) is 14.9. The molecule has 0 unspecified atom stereocenters. The van der Waals surface area contributed by atoms with Crippen molar-refractivity contribution < 1.29 is 22.7 Å². The molecule has 0 atom stereocenters. The highest BCUT2D eigenvalue weighted by molar-refractivity contribution is 7.92. The van der Waals surface area contributed by atoms with E-state index in [0.29, 0.717) is 43.4 Å². The molecule has 3 rings (SSSR count). The number of piperazine rings is 1. The smallest absolute Gasteiger partial charge is 0.262 e. The predicted octanol–water partition coefficient (Wildman–Crippen LogP) is 0.677. The van der Waals surface area contributed by atoms with Gasteiger partial charge in [0.05, 0.1) is 36.1 Å². The second-order valence-electron chi connectivity index (χ2n) is 6.87. The highest BCUT2D eigenvalue weighted by Gasteiger charge is 2.22. The minimum atomic E-state index is -3.89. The molecule has 1 fully saturated rings. The molecule has 0 bridgehead atoms. The molecule has 1 aromatic carbocycles. The van der Waals surface area contributed by atoms with Gasteiger partial charge in [-0.25, -0.2) is 13.4 Å². The SMILES string of the molecule is COCCNC(=O)c1cc(NS(=O)(=O)c2cccc(OC)c2)cnc1N1CCNCC1. The molecule has 1 aliphatic rings. The fraction of sp³-hybridized carbons (Fsp3) is 0.400. The molecule has 31 heavy (non-hydrogen) atoms. The molecule has 0 saturated carbocycles. The molecule has 11 heteroatoms. The molecule has 1 saturated heterocycles. The number of nitrogens with one attached hydrogen (secondary N) is 3. The molecule has 1 amide bonds. The Morgan fingerprint density at radius 1 is 1.23 bits per heavy atom. The summed E-state index contributed by atoms with van der Waals surface area (Å²) in [5, 5.41) is 6.03. The number of methoxy groups -OCH3 is 2. The van der Waals surface area contributed by atoms with Gasteiger partial charge in [-0.2, -0.15) is 0 Å². The van der Waals surface area contributed by atoms with E-state index in [-0.39, 0.29) is 16.5 Å². The third-order valence-corrected chi connectivity index (χ3v) is 6.10. The predicted molar refractivity (Wildman–Crippen MR) is 117 cm³/mol. The Labute approximate surface area is 182 Å². The number of amides is 1. The maximum absolute atomic E-state index is 12.8. The van der Waals surface area contributed by atoms with Crippen molar-refractivity contribution in [1.82, 2.24) is 15.6 Å². The number of carbonyl (C=O) groups is 1. The van der Waals surface area contributed by atoms with Crippen LogP contribution < -0.4 is 25.0 Å². The van der Waals surface area contributed by atoms with Crippen LogP contribution in [0.3, 0.4) is 0 Å². The number of benzene rings is 1. The fourth-order valence-corrected chi connectivity index (χ4v) is 4.22. The molecule has 2 aromatic rings. The molecule has 1 aliphatic heterocycles. The van der Waals surface area contributed by atoms with Crippen molar-refractivity contribution in [3.8, 4) is 5.75 Å². The molecule has 168 valence electrons. The zero-order chi connectivity index (χ0) is 22.3. The second-order valence-corrected chi connectivity index (χ2v) is 8.55. The first-order valence-corrected chi connectivity index (χ1v) is 11.3. The molecule has 10 nitrogen and oxygen atoms in total. The first-order valence-electron chi connectivity index (χ1n) is 9.84. The largest absolute Gasteiger partial charge is 0.497 e. The van der Waals surface area contributed by atoms with E-state index in [1.165, 1.54) is 31.5 Å². The van der Waals surface area contributed by atoms with Crippen molar-refractivity contribution in [2.45, 2.75) is 4.90 Å². The van der Waals surface area contributed by atoms with Gasteiger partial charge >= 0.3 is 0 Å².